The molecule has 1 rings (SSSR count). The van der Waals surface area contributed by atoms with Crippen molar-refractivity contribution in [2.24, 2.45) is 5.92 Å². The van der Waals surface area contributed by atoms with Crippen LogP contribution in [0.3, 0.4) is 0 Å². The fourth-order valence-electron chi connectivity index (χ4n) is 1.19. The van der Waals surface area contributed by atoms with E-state index in [1.165, 1.54) is 0 Å². The van der Waals surface area contributed by atoms with Crippen LogP contribution in [-0.2, 0) is 4.74 Å². The van der Waals surface area contributed by atoms with Gasteiger partial charge in [0.2, 0.25) is 0 Å². The second kappa shape index (κ2) is 2.95. The lowest BCUT2D eigenvalue weighted by Gasteiger charge is -2.16. The summed E-state index contributed by atoms with van der Waals surface area (Å²) in [6.45, 7) is 7.67. The Morgan fingerprint density at radius 3 is 2.73 bits per heavy atom. The smallest absolute Gasteiger partial charge is 0.408 e. The van der Waals surface area contributed by atoms with Crippen LogP contribution in [0, 0.1) is 5.92 Å². The summed E-state index contributed by atoms with van der Waals surface area (Å²) in [5.41, 5.74) is 0. The minimum absolute atomic E-state index is 0.0833. The zero-order valence-corrected chi connectivity index (χ0v) is 6.83. The van der Waals surface area contributed by atoms with Gasteiger partial charge in [0.1, 0.15) is 6.10 Å². The van der Waals surface area contributed by atoms with Gasteiger partial charge in [-0.2, -0.15) is 0 Å². The average molecular weight is 155 g/mol. The Balaban J connectivity index is 2.64. The molecule has 3 nitrogen and oxygen atoms in total. The first kappa shape index (κ1) is 8.11. The zero-order chi connectivity index (χ0) is 8.43. The number of amides is 1. The van der Waals surface area contributed by atoms with Crippen LogP contribution in [0.2, 0.25) is 0 Å². The predicted octanol–water partition coefficient (Wildman–Crippen LogP) is 1.31. The Kier molecular flexibility index (Phi) is 2.17. The number of alkyl carbamates (subject to hydrolysis) is 1. The van der Waals surface area contributed by atoms with Crippen LogP contribution in [0.25, 0.3) is 0 Å². The van der Waals surface area contributed by atoms with Crippen molar-refractivity contribution >= 4 is 6.09 Å². The summed E-state index contributed by atoms with van der Waals surface area (Å²) in [7, 11) is 0. The Bertz CT molecular complexity index is 177. The highest BCUT2D eigenvalue weighted by molar-refractivity contribution is 5.70. The molecule has 1 fully saturated rings. The fourth-order valence-corrected chi connectivity index (χ4v) is 1.19. The molecular weight excluding hydrogens is 142 g/mol. The molecule has 1 aliphatic rings. The molecule has 62 valence electrons. The van der Waals surface area contributed by atoms with Crippen molar-refractivity contribution in [1.29, 1.82) is 0 Å². The Hall–Kier alpha value is -0.990. The summed E-state index contributed by atoms with van der Waals surface area (Å²) in [5.74, 6) is 0.379. The maximum atomic E-state index is 10.7. The number of cyclic esters (lactones) is 1. The van der Waals surface area contributed by atoms with E-state index in [9.17, 15) is 4.79 Å². The molecule has 2 atom stereocenters. The van der Waals surface area contributed by atoms with Crippen molar-refractivity contribution in [3.05, 3.63) is 12.7 Å². The molecule has 0 bridgehead atoms. The van der Waals surface area contributed by atoms with Crippen LogP contribution in [0.4, 0.5) is 4.79 Å². The Morgan fingerprint density at radius 2 is 2.36 bits per heavy atom. The SMILES string of the molecule is C=CC1OC(=O)N[C@@H]1C(C)C. The second-order valence-corrected chi connectivity index (χ2v) is 3.02. The summed E-state index contributed by atoms with van der Waals surface area (Å²) >= 11 is 0. The molecule has 1 N–H and O–H groups in total. The third-order valence-corrected chi connectivity index (χ3v) is 1.83. The van der Waals surface area contributed by atoms with E-state index < -0.39 is 0 Å². The van der Waals surface area contributed by atoms with Crippen LogP contribution in [0.15, 0.2) is 12.7 Å². The van der Waals surface area contributed by atoms with Gasteiger partial charge in [-0.1, -0.05) is 20.4 Å². The molecule has 0 spiro atoms. The van der Waals surface area contributed by atoms with Gasteiger partial charge in [0, 0.05) is 0 Å². The van der Waals surface area contributed by atoms with Crippen molar-refractivity contribution in [3.63, 3.8) is 0 Å². The summed E-state index contributed by atoms with van der Waals surface area (Å²) < 4.78 is 4.92. The Labute approximate surface area is 66.4 Å². The normalized spacial score (nSPS) is 29.9. The highest BCUT2D eigenvalue weighted by Gasteiger charge is 2.33. The number of hydrogen-bond acceptors (Lipinski definition) is 2. The summed E-state index contributed by atoms with van der Waals surface area (Å²) in [6.07, 6.45) is 1.15. The first-order chi connectivity index (χ1) is 5.15. The van der Waals surface area contributed by atoms with E-state index in [1.54, 1.807) is 6.08 Å². The number of carbonyl (C=O) groups excluding carboxylic acids is 1. The highest BCUT2D eigenvalue weighted by Crippen LogP contribution is 2.16. The van der Waals surface area contributed by atoms with E-state index in [0.29, 0.717) is 5.92 Å². The minimum atomic E-state index is -0.339. The molecule has 1 aliphatic heterocycles. The molecule has 0 saturated carbocycles. The van der Waals surface area contributed by atoms with Crippen molar-refractivity contribution in [2.45, 2.75) is 26.0 Å². The molecule has 1 heterocycles. The van der Waals surface area contributed by atoms with Crippen LogP contribution in [0.5, 0.6) is 0 Å². The maximum Gasteiger partial charge on any atom is 0.408 e. The van der Waals surface area contributed by atoms with Crippen LogP contribution in [-0.4, -0.2) is 18.2 Å². The third-order valence-electron chi connectivity index (χ3n) is 1.83. The van der Waals surface area contributed by atoms with Crippen LogP contribution < -0.4 is 5.32 Å². The molecule has 0 aromatic rings. The van der Waals surface area contributed by atoms with Gasteiger partial charge in [-0.25, -0.2) is 4.79 Å². The van der Waals surface area contributed by atoms with Gasteiger partial charge in [0.05, 0.1) is 6.04 Å². The van der Waals surface area contributed by atoms with E-state index in [2.05, 4.69) is 11.9 Å². The molecule has 1 saturated heterocycles. The molecule has 1 amide bonds. The molecular formula is C8H13NO2. The lowest BCUT2D eigenvalue weighted by atomic mass is 10.00. The van der Waals surface area contributed by atoms with E-state index in [1.807, 2.05) is 13.8 Å². The number of nitrogens with one attached hydrogen (secondary N) is 1. The molecule has 1 unspecified atom stereocenters. The molecule has 11 heavy (non-hydrogen) atoms. The predicted molar refractivity (Wildman–Crippen MR) is 42.2 cm³/mol. The van der Waals surface area contributed by atoms with Crippen LogP contribution >= 0.6 is 0 Å². The standard InChI is InChI=1S/C8H13NO2/c1-4-6-7(5(2)3)9-8(10)11-6/h4-7H,1H2,2-3H3,(H,9,10)/t6?,7-/m1/s1. The van der Waals surface area contributed by atoms with E-state index >= 15 is 0 Å². The van der Waals surface area contributed by atoms with Gasteiger partial charge in [0.15, 0.2) is 0 Å². The summed E-state index contributed by atoms with van der Waals surface area (Å²) in [4.78, 5) is 10.7. The van der Waals surface area contributed by atoms with E-state index in [-0.39, 0.29) is 18.2 Å². The molecule has 0 aromatic carbocycles. The second-order valence-electron chi connectivity index (χ2n) is 3.02. The molecule has 3 heteroatoms. The lowest BCUT2D eigenvalue weighted by molar-refractivity contribution is 0.149. The van der Waals surface area contributed by atoms with Crippen molar-refractivity contribution in [2.75, 3.05) is 0 Å². The van der Waals surface area contributed by atoms with Gasteiger partial charge in [0.25, 0.3) is 0 Å². The number of ether oxygens (including phenoxy) is 1. The van der Waals surface area contributed by atoms with Gasteiger partial charge >= 0.3 is 6.09 Å². The number of rotatable bonds is 2. The monoisotopic (exact) mass is 155 g/mol. The Morgan fingerprint density at radius 1 is 1.73 bits per heavy atom. The lowest BCUT2D eigenvalue weighted by Crippen LogP contribution is -2.35. The van der Waals surface area contributed by atoms with Crippen molar-refractivity contribution in [3.8, 4) is 0 Å². The largest absolute Gasteiger partial charge is 0.440 e. The summed E-state index contributed by atoms with van der Waals surface area (Å²) in [6, 6.07) is 0.0833. The number of hydrogen-bond donors (Lipinski definition) is 1. The molecule has 0 radical (unpaired) electrons. The molecule has 0 aromatic heterocycles. The number of carbonyl (C=O) groups is 1. The first-order valence-corrected chi connectivity index (χ1v) is 3.75. The van der Waals surface area contributed by atoms with E-state index in [0.717, 1.165) is 0 Å². The summed E-state index contributed by atoms with van der Waals surface area (Å²) in [5, 5.41) is 2.72. The molecule has 0 aliphatic carbocycles. The van der Waals surface area contributed by atoms with Crippen molar-refractivity contribution < 1.29 is 9.53 Å². The fraction of sp³-hybridized carbons (Fsp3) is 0.625. The quantitative estimate of drug-likeness (QED) is 0.610. The third kappa shape index (κ3) is 1.53. The average Bonchev–Trinajstić information content (AvgIpc) is 2.30. The van der Waals surface area contributed by atoms with Gasteiger partial charge < -0.3 is 10.1 Å². The van der Waals surface area contributed by atoms with Gasteiger partial charge in [-0.05, 0) is 12.0 Å². The van der Waals surface area contributed by atoms with Gasteiger partial charge in [-0.3, -0.25) is 0 Å². The van der Waals surface area contributed by atoms with Crippen LogP contribution in [0.1, 0.15) is 13.8 Å². The minimum Gasteiger partial charge on any atom is -0.440 e. The zero-order valence-electron chi connectivity index (χ0n) is 6.83. The van der Waals surface area contributed by atoms with Gasteiger partial charge in [-0.15, -0.1) is 0 Å². The maximum absolute atomic E-state index is 10.7. The first-order valence-electron chi connectivity index (χ1n) is 3.75. The van der Waals surface area contributed by atoms with Crippen molar-refractivity contribution in [1.82, 2.24) is 5.32 Å². The highest BCUT2D eigenvalue weighted by atomic mass is 16.6. The van der Waals surface area contributed by atoms with E-state index in [4.69, 9.17) is 4.74 Å². The topological polar surface area (TPSA) is 38.3 Å².